The van der Waals surface area contributed by atoms with Crippen LogP contribution in [0.3, 0.4) is 0 Å². The molecular formula is C21H31N7. The Hall–Kier alpha value is -2.15. The highest BCUT2D eigenvalue weighted by Crippen LogP contribution is 2.42. The fourth-order valence-electron chi connectivity index (χ4n) is 5.26. The van der Waals surface area contributed by atoms with Gasteiger partial charge in [0.15, 0.2) is 0 Å². The molecule has 2 aromatic rings. The number of nitrogens with one attached hydrogen (secondary N) is 1. The lowest BCUT2D eigenvalue weighted by atomic mass is 9.79. The second kappa shape index (κ2) is 6.72. The zero-order valence-corrected chi connectivity index (χ0v) is 17.3. The lowest BCUT2D eigenvalue weighted by molar-refractivity contribution is 0.0711. The maximum Gasteiger partial charge on any atom is 0.227 e. The molecule has 3 aliphatic heterocycles. The Balaban J connectivity index is 1.42. The van der Waals surface area contributed by atoms with E-state index in [9.17, 15) is 0 Å². The number of rotatable bonds is 2. The van der Waals surface area contributed by atoms with Crippen LogP contribution < -0.4 is 9.80 Å². The van der Waals surface area contributed by atoms with Crippen LogP contribution in [0, 0.1) is 13.8 Å². The molecule has 5 heterocycles. The van der Waals surface area contributed by atoms with Gasteiger partial charge in [-0.15, -0.1) is 0 Å². The molecule has 2 fully saturated rings. The zero-order chi connectivity index (χ0) is 19.3. The molecular weight excluding hydrogens is 350 g/mol. The highest BCUT2D eigenvalue weighted by atomic mass is 15.3. The maximum absolute atomic E-state index is 5.03. The average molecular weight is 382 g/mol. The predicted octanol–water partition coefficient (Wildman–Crippen LogP) is 2.40. The second-order valence-corrected chi connectivity index (χ2v) is 8.67. The predicted molar refractivity (Wildman–Crippen MR) is 111 cm³/mol. The summed E-state index contributed by atoms with van der Waals surface area (Å²) in [5.41, 5.74) is 5.00. The van der Waals surface area contributed by atoms with Crippen molar-refractivity contribution in [1.82, 2.24) is 24.8 Å². The summed E-state index contributed by atoms with van der Waals surface area (Å²) in [6.07, 6.45) is 7.61. The van der Waals surface area contributed by atoms with E-state index in [0.29, 0.717) is 0 Å². The van der Waals surface area contributed by atoms with Crippen LogP contribution in [0.4, 0.5) is 11.8 Å². The third-order valence-electron chi connectivity index (χ3n) is 7.22. The summed E-state index contributed by atoms with van der Waals surface area (Å²) in [6.45, 7) is 9.56. The highest BCUT2D eigenvalue weighted by molar-refractivity contribution is 5.53. The van der Waals surface area contributed by atoms with Crippen LogP contribution >= 0.6 is 0 Å². The fraction of sp³-hybridized carbons (Fsp3) is 0.667. The number of aryl methyl sites for hydroxylation is 1. The summed E-state index contributed by atoms with van der Waals surface area (Å²) in [6, 6.07) is 0. The number of imidazole rings is 1. The summed E-state index contributed by atoms with van der Waals surface area (Å²) in [5.74, 6) is 2.05. The smallest absolute Gasteiger partial charge is 0.227 e. The van der Waals surface area contributed by atoms with Crippen LogP contribution in [-0.4, -0.2) is 64.6 Å². The minimum Gasteiger partial charge on any atom is -0.356 e. The number of anilines is 2. The lowest BCUT2D eigenvalue weighted by Crippen LogP contribution is -2.55. The number of H-pyrrole nitrogens is 1. The molecule has 5 rings (SSSR count). The molecule has 150 valence electrons. The third-order valence-corrected chi connectivity index (χ3v) is 7.22. The number of likely N-dealkylation sites (N-methyl/N-ethyl adjacent to an activating group) is 1. The summed E-state index contributed by atoms with van der Waals surface area (Å²) in [7, 11) is 2.26. The number of piperidine rings is 1. The number of hydrogen-bond acceptors (Lipinski definition) is 6. The van der Waals surface area contributed by atoms with Gasteiger partial charge in [-0.25, -0.2) is 9.97 Å². The minimum absolute atomic E-state index is 0.0673. The normalized spacial score (nSPS) is 22.1. The quantitative estimate of drug-likeness (QED) is 0.862. The molecule has 28 heavy (non-hydrogen) atoms. The summed E-state index contributed by atoms with van der Waals surface area (Å²) in [5, 5.41) is 0. The molecule has 0 amide bonds. The molecule has 0 aromatic carbocycles. The van der Waals surface area contributed by atoms with E-state index in [0.717, 1.165) is 69.4 Å². The molecule has 7 nitrogen and oxygen atoms in total. The largest absolute Gasteiger partial charge is 0.356 e. The number of nitrogens with zero attached hydrogens (tertiary/aromatic N) is 6. The van der Waals surface area contributed by atoms with E-state index in [4.69, 9.17) is 15.0 Å². The Morgan fingerprint density at radius 2 is 1.71 bits per heavy atom. The van der Waals surface area contributed by atoms with Crippen molar-refractivity contribution in [3.05, 3.63) is 29.0 Å². The van der Waals surface area contributed by atoms with Crippen molar-refractivity contribution < 1.29 is 0 Å². The Labute approximate surface area is 167 Å². The van der Waals surface area contributed by atoms with Crippen LogP contribution in [0.15, 0.2) is 6.33 Å². The van der Waals surface area contributed by atoms with Crippen LogP contribution in [0.1, 0.15) is 48.3 Å². The molecule has 1 spiro atoms. The summed E-state index contributed by atoms with van der Waals surface area (Å²) >= 11 is 0. The van der Waals surface area contributed by atoms with Crippen molar-refractivity contribution in [2.24, 2.45) is 0 Å². The molecule has 7 heteroatoms. The molecule has 0 radical (unpaired) electrons. The fourth-order valence-corrected chi connectivity index (χ4v) is 5.26. The lowest BCUT2D eigenvalue weighted by Gasteiger charge is -2.49. The number of aromatic nitrogens is 4. The third kappa shape index (κ3) is 2.70. The van der Waals surface area contributed by atoms with Gasteiger partial charge in [0.25, 0.3) is 0 Å². The molecule has 2 saturated heterocycles. The van der Waals surface area contributed by atoms with E-state index in [-0.39, 0.29) is 5.54 Å². The molecule has 0 bridgehead atoms. The number of fused-ring (bicyclic) bond motifs is 2. The van der Waals surface area contributed by atoms with Crippen molar-refractivity contribution in [3.63, 3.8) is 0 Å². The van der Waals surface area contributed by atoms with Gasteiger partial charge in [0.05, 0.1) is 17.6 Å². The van der Waals surface area contributed by atoms with E-state index in [1.807, 2.05) is 6.33 Å². The Morgan fingerprint density at radius 3 is 2.46 bits per heavy atom. The Bertz CT molecular complexity index is 860. The Kier molecular flexibility index (Phi) is 4.30. The van der Waals surface area contributed by atoms with E-state index in [1.54, 1.807) is 0 Å². The highest BCUT2D eigenvalue weighted by Gasteiger charge is 2.45. The van der Waals surface area contributed by atoms with Gasteiger partial charge >= 0.3 is 0 Å². The number of hydrogen-bond donors (Lipinski definition) is 1. The first-order valence-electron chi connectivity index (χ1n) is 10.7. The molecule has 2 aromatic heterocycles. The van der Waals surface area contributed by atoms with Crippen molar-refractivity contribution in [1.29, 1.82) is 0 Å². The van der Waals surface area contributed by atoms with Gasteiger partial charge in [-0.05, 0) is 46.6 Å². The first-order valence-corrected chi connectivity index (χ1v) is 10.7. The second-order valence-electron chi connectivity index (χ2n) is 8.67. The van der Waals surface area contributed by atoms with Gasteiger partial charge in [0.1, 0.15) is 5.82 Å². The standard InChI is InChI=1S/C21H31N7/c1-15-16(2)24-20(28-9-4-5-10-28)25-19(15)27-12-7-21(8-13-27)18-17(22-14-23-18)6-11-26(21)3/h14H,4-13H2,1-3H3,(H,22,23). The van der Waals surface area contributed by atoms with Gasteiger partial charge in [-0.3, -0.25) is 4.90 Å². The Morgan fingerprint density at radius 1 is 0.964 bits per heavy atom. The van der Waals surface area contributed by atoms with E-state index in [1.165, 1.54) is 29.8 Å². The number of aromatic amines is 1. The summed E-state index contributed by atoms with van der Waals surface area (Å²) in [4.78, 5) is 25.3. The molecule has 3 aliphatic rings. The van der Waals surface area contributed by atoms with Gasteiger partial charge < -0.3 is 14.8 Å². The first kappa shape index (κ1) is 17.9. The minimum atomic E-state index is 0.0673. The zero-order valence-electron chi connectivity index (χ0n) is 17.3. The van der Waals surface area contributed by atoms with Gasteiger partial charge in [0.2, 0.25) is 5.95 Å². The van der Waals surface area contributed by atoms with Crippen molar-refractivity contribution in [3.8, 4) is 0 Å². The average Bonchev–Trinajstić information content (AvgIpc) is 3.40. The van der Waals surface area contributed by atoms with Crippen molar-refractivity contribution in [2.45, 2.75) is 51.5 Å². The molecule has 0 saturated carbocycles. The SMILES string of the molecule is Cc1nc(N2CCCC2)nc(N2CCC3(CC2)c2nc[nH]c2CCN3C)c1C. The molecule has 0 unspecified atom stereocenters. The molecule has 0 atom stereocenters. The van der Waals surface area contributed by atoms with Gasteiger partial charge in [-0.2, -0.15) is 4.98 Å². The van der Waals surface area contributed by atoms with Crippen molar-refractivity contribution >= 4 is 11.8 Å². The first-order chi connectivity index (χ1) is 13.6. The van der Waals surface area contributed by atoms with Gasteiger partial charge in [0, 0.05) is 56.1 Å². The van der Waals surface area contributed by atoms with Gasteiger partial charge in [-0.1, -0.05) is 0 Å². The van der Waals surface area contributed by atoms with Crippen molar-refractivity contribution in [2.75, 3.05) is 49.6 Å². The van der Waals surface area contributed by atoms with E-state index in [2.05, 4.69) is 40.6 Å². The molecule has 0 aliphatic carbocycles. The van der Waals surface area contributed by atoms with E-state index >= 15 is 0 Å². The summed E-state index contributed by atoms with van der Waals surface area (Å²) < 4.78 is 0. The monoisotopic (exact) mass is 381 g/mol. The van der Waals surface area contributed by atoms with Crippen LogP contribution in [0.2, 0.25) is 0 Å². The van der Waals surface area contributed by atoms with Crippen LogP contribution in [0.5, 0.6) is 0 Å². The molecule has 1 N–H and O–H groups in total. The van der Waals surface area contributed by atoms with Crippen LogP contribution in [-0.2, 0) is 12.0 Å². The topological polar surface area (TPSA) is 64.2 Å². The van der Waals surface area contributed by atoms with E-state index < -0.39 is 0 Å². The maximum atomic E-state index is 5.03. The van der Waals surface area contributed by atoms with Crippen LogP contribution in [0.25, 0.3) is 0 Å².